The van der Waals surface area contributed by atoms with Crippen LogP contribution in [-0.2, 0) is 16.1 Å². The second kappa shape index (κ2) is 5.31. The van der Waals surface area contributed by atoms with Crippen LogP contribution in [0.15, 0.2) is 30.3 Å². The zero-order chi connectivity index (χ0) is 13.0. The van der Waals surface area contributed by atoms with Gasteiger partial charge in [0.05, 0.1) is 6.42 Å². The summed E-state index contributed by atoms with van der Waals surface area (Å²) in [6.45, 7) is 0.369. The molecule has 6 nitrogen and oxygen atoms in total. The molecule has 0 aromatic heterocycles. The molecule has 0 bridgehead atoms. The van der Waals surface area contributed by atoms with E-state index in [1.807, 2.05) is 30.3 Å². The van der Waals surface area contributed by atoms with Crippen molar-refractivity contribution in [3.63, 3.8) is 0 Å². The molecule has 1 fully saturated rings. The summed E-state index contributed by atoms with van der Waals surface area (Å²) in [5.41, 5.74) is 0.956. The molecule has 94 valence electrons. The van der Waals surface area contributed by atoms with Crippen LogP contribution in [0.25, 0.3) is 0 Å². The third-order valence-electron chi connectivity index (χ3n) is 2.57. The van der Waals surface area contributed by atoms with Crippen molar-refractivity contribution in [2.45, 2.75) is 19.0 Å². The van der Waals surface area contributed by atoms with Gasteiger partial charge in [-0.15, -0.1) is 0 Å². The van der Waals surface area contributed by atoms with E-state index in [0.29, 0.717) is 6.54 Å². The van der Waals surface area contributed by atoms with E-state index < -0.39 is 18.0 Å². The van der Waals surface area contributed by atoms with Crippen molar-refractivity contribution in [3.05, 3.63) is 35.9 Å². The normalized spacial score (nSPS) is 18.8. The fourth-order valence-electron chi connectivity index (χ4n) is 1.67. The smallest absolute Gasteiger partial charge is 0.322 e. The first-order chi connectivity index (χ1) is 8.65. The summed E-state index contributed by atoms with van der Waals surface area (Å²) in [6, 6.07) is 7.96. The number of imide groups is 1. The molecule has 1 aliphatic rings. The molecule has 1 aromatic rings. The van der Waals surface area contributed by atoms with Crippen LogP contribution in [0.5, 0.6) is 0 Å². The molecule has 18 heavy (non-hydrogen) atoms. The van der Waals surface area contributed by atoms with E-state index in [-0.39, 0.29) is 12.3 Å². The maximum absolute atomic E-state index is 11.8. The molecule has 0 spiro atoms. The summed E-state index contributed by atoms with van der Waals surface area (Å²) in [6.07, 6.45) is -0.0354. The van der Waals surface area contributed by atoms with Gasteiger partial charge in [0.1, 0.15) is 6.04 Å². The van der Waals surface area contributed by atoms with Crippen LogP contribution in [0.4, 0.5) is 4.79 Å². The molecule has 1 heterocycles. The van der Waals surface area contributed by atoms with Gasteiger partial charge in [-0.25, -0.2) is 4.79 Å². The predicted molar refractivity (Wildman–Crippen MR) is 63.4 cm³/mol. The van der Waals surface area contributed by atoms with Crippen LogP contribution in [0, 0.1) is 0 Å². The van der Waals surface area contributed by atoms with Crippen molar-refractivity contribution >= 4 is 17.8 Å². The van der Waals surface area contributed by atoms with Gasteiger partial charge in [-0.3, -0.25) is 14.9 Å². The van der Waals surface area contributed by atoms with Crippen molar-refractivity contribution < 1.29 is 14.4 Å². The third-order valence-corrected chi connectivity index (χ3v) is 2.57. The quantitative estimate of drug-likeness (QED) is 0.697. The highest BCUT2D eigenvalue weighted by molar-refractivity contribution is 6.02. The lowest BCUT2D eigenvalue weighted by molar-refractivity contribution is -0.128. The second-order valence-electron chi connectivity index (χ2n) is 3.98. The molecule has 0 unspecified atom stereocenters. The van der Waals surface area contributed by atoms with Crippen molar-refractivity contribution in [1.82, 2.24) is 16.0 Å². The lowest BCUT2D eigenvalue weighted by Gasteiger charge is -2.22. The van der Waals surface area contributed by atoms with E-state index in [4.69, 9.17) is 0 Å². The zero-order valence-corrected chi connectivity index (χ0v) is 9.60. The standard InChI is InChI=1S/C12H13N3O3/c16-10-6-9(14-12(18)15-10)11(17)13-7-8-4-2-1-3-5-8/h1-5,9H,6-7H2,(H,13,17)(H2,14,15,16,18)/t9-/m0/s1. The first-order valence-corrected chi connectivity index (χ1v) is 5.57. The zero-order valence-electron chi connectivity index (χ0n) is 9.60. The molecule has 6 heteroatoms. The molecular weight excluding hydrogens is 234 g/mol. The molecule has 1 saturated heterocycles. The topological polar surface area (TPSA) is 87.3 Å². The average molecular weight is 247 g/mol. The molecule has 0 radical (unpaired) electrons. The van der Waals surface area contributed by atoms with Gasteiger partial charge in [-0.2, -0.15) is 0 Å². The van der Waals surface area contributed by atoms with E-state index in [9.17, 15) is 14.4 Å². The van der Waals surface area contributed by atoms with Crippen LogP contribution >= 0.6 is 0 Å². The Labute approximate surface area is 104 Å². The third kappa shape index (κ3) is 3.07. The molecule has 0 saturated carbocycles. The number of hydrogen-bond donors (Lipinski definition) is 3. The largest absolute Gasteiger partial charge is 0.350 e. The van der Waals surface area contributed by atoms with E-state index in [2.05, 4.69) is 16.0 Å². The first kappa shape index (κ1) is 12.1. The van der Waals surface area contributed by atoms with Crippen LogP contribution in [0.2, 0.25) is 0 Å². The Morgan fingerprint density at radius 2 is 2.00 bits per heavy atom. The summed E-state index contributed by atoms with van der Waals surface area (Å²) in [5.74, 6) is -0.805. The maximum atomic E-state index is 11.8. The minimum absolute atomic E-state index is 0.0354. The van der Waals surface area contributed by atoms with Gasteiger partial charge in [0.2, 0.25) is 11.8 Å². The van der Waals surface area contributed by atoms with E-state index >= 15 is 0 Å². The van der Waals surface area contributed by atoms with Crippen LogP contribution in [0.3, 0.4) is 0 Å². The number of hydrogen-bond acceptors (Lipinski definition) is 3. The van der Waals surface area contributed by atoms with E-state index in [1.165, 1.54) is 0 Å². The highest BCUT2D eigenvalue weighted by Crippen LogP contribution is 2.01. The summed E-state index contributed by atoms with van der Waals surface area (Å²) in [4.78, 5) is 33.9. The van der Waals surface area contributed by atoms with Crippen LogP contribution < -0.4 is 16.0 Å². The second-order valence-corrected chi connectivity index (χ2v) is 3.98. The Hall–Kier alpha value is -2.37. The fraction of sp³-hybridized carbons (Fsp3) is 0.250. The van der Waals surface area contributed by atoms with Gasteiger partial charge in [-0.1, -0.05) is 30.3 Å². The summed E-state index contributed by atoms with van der Waals surface area (Å²) in [7, 11) is 0. The highest BCUT2D eigenvalue weighted by Gasteiger charge is 2.28. The minimum atomic E-state index is -0.796. The van der Waals surface area contributed by atoms with Crippen LogP contribution in [-0.4, -0.2) is 23.9 Å². The minimum Gasteiger partial charge on any atom is -0.350 e. The molecule has 4 amide bonds. The number of benzene rings is 1. The monoisotopic (exact) mass is 247 g/mol. The van der Waals surface area contributed by atoms with E-state index in [0.717, 1.165) is 5.56 Å². The van der Waals surface area contributed by atoms with Crippen molar-refractivity contribution in [2.24, 2.45) is 0 Å². The Morgan fingerprint density at radius 3 is 2.67 bits per heavy atom. The van der Waals surface area contributed by atoms with Crippen molar-refractivity contribution in [1.29, 1.82) is 0 Å². The lowest BCUT2D eigenvalue weighted by atomic mass is 10.1. The number of urea groups is 1. The lowest BCUT2D eigenvalue weighted by Crippen LogP contribution is -2.57. The van der Waals surface area contributed by atoms with Gasteiger partial charge in [0.25, 0.3) is 0 Å². The molecule has 1 atom stereocenters. The number of nitrogens with one attached hydrogen (secondary N) is 3. The Balaban J connectivity index is 1.88. The molecule has 0 aliphatic carbocycles. The van der Waals surface area contributed by atoms with Gasteiger partial charge in [-0.05, 0) is 5.56 Å². The van der Waals surface area contributed by atoms with Gasteiger partial charge in [0, 0.05) is 6.54 Å². The summed E-state index contributed by atoms with van der Waals surface area (Å²) < 4.78 is 0. The maximum Gasteiger partial charge on any atom is 0.322 e. The molecule has 2 rings (SSSR count). The number of amides is 4. The van der Waals surface area contributed by atoms with Gasteiger partial charge in [0.15, 0.2) is 0 Å². The van der Waals surface area contributed by atoms with Crippen LogP contribution in [0.1, 0.15) is 12.0 Å². The molecule has 1 aromatic carbocycles. The summed E-state index contributed by atoms with van der Waals surface area (Å²) >= 11 is 0. The molecular formula is C12H13N3O3. The molecule has 1 aliphatic heterocycles. The van der Waals surface area contributed by atoms with E-state index in [1.54, 1.807) is 0 Å². The predicted octanol–water partition coefficient (Wildman–Crippen LogP) is -0.0991. The van der Waals surface area contributed by atoms with Crippen molar-refractivity contribution in [2.75, 3.05) is 0 Å². The van der Waals surface area contributed by atoms with Gasteiger partial charge < -0.3 is 10.6 Å². The number of rotatable bonds is 3. The molecule has 3 N–H and O–H groups in total. The number of carbonyl (C=O) groups excluding carboxylic acids is 3. The Morgan fingerprint density at radius 1 is 1.28 bits per heavy atom. The average Bonchev–Trinajstić information content (AvgIpc) is 2.36. The Bertz CT molecular complexity index is 457. The number of carbonyl (C=O) groups is 3. The fourth-order valence-corrected chi connectivity index (χ4v) is 1.67. The van der Waals surface area contributed by atoms with Gasteiger partial charge >= 0.3 is 6.03 Å². The summed E-state index contributed by atoms with van der Waals surface area (Å²) in [5, 5.41) is 7.14. The first-order valence-electron chi connectivity index (χ1n) is 5.57. The Kier molecular flexibility index (Phi) is 3.57. The van der Waals surface area contributed by atoms with Crippen molar-refractivity contribution in [3.8, 4) is 0 Å². The SMILES string of the molecule is O=C1C[C@@H](C(=O)NCc2ccccc2)NC(=O)N1. The highest BCUT2D eigenvalue weighted by atomic mass is 16.2.